The van der Waals surface area contributed by atoms with Crippen molar-refractivity contribution in [2.24, 2.45) is 5.14 Å². The number of nitrogens with zero attached hydrogens (tertiary/aromatic N) is 1. The van der Waals surface area contributed by atoms with Crippen molar-refractivity contribution in [3.63, 3.8) is 0 Å². The van der Waals surface area contributed by atoms with E-state index in [-0.39, 0.29) is 5.69 Å². The van der Waals surface area contributed by atoms with Crippen LogP contribution >= 0.6 is 0 Å². The molecule has 0 aliphatic carbocycles. The van der Waals surface area contributed by atoms with E-state index in [1.165, 1.54) is 13.2 Å². The summed E-state index contributed by atoms with van der Waals surface area (Å²) < 4.78 is 28.8. The van der Waals surface area contributed by atoms with Crippen LogP contribution in [0.15, 0.2) is 41.3 Å². The highest BCUT2D eigenvalue weighted by Gasteiger charge is 2.28. The van der Waals surface area contributed by atoms with Crippen LogP contribution in [0.2, 0.25) is 0 Å². The molecule has 0 aromatic heterocycles. The number of nitro benzene ring substituents is 1. The molecule has 4 N–H and O–H groups in total. The fraction of sp³-hybridized carbons (Fsp3) is 0.0714. The molecular weight excluding hydrogens is 354 g/mol. The number of rotatable bonds is 6. The Morgan fingerprint density at radius 3 is 2.48 bits per heavy atom. The number of nitro groups is 1. The number of ether oxygens (including phenoxy) is 1. The van der Waals surface area contributed by atoms with Crippen LogP contribution in [0.3, 0.4) is 0 Å². The summed E-state index contributed by atoms with van der Waals surface area (Å²) in [6, 6.07) is 7.79. The highest BCUT2D eigenvalue weighted by Crippen LogP contribution is 2.37. The number of para-hydroxylation sites is 2. The first kappa shape index (κ1) is 18.2. The molecule has 0 aliphatic rings. The lowest BCUT2D eigenvalue weighted by molar-refractivity contribution is -0.384. The smallest absolute Gasteiger partial charge is 0.335 e. The lowest BCUT2D eigenvalue weighted by Gasteiger charge is -2.14. The SMILES string of the molecule is COc1ccccc1Nc1c([N+](=O)[O-])cc(C(=O)O)cc1S(N)(=O)=O. The molecule has 2 aromatic carbocycles. The molecule has 10 nitrogen and oxygen atoms in total. The first-order valence-corrected chi connectivity index (χ1v) is 8.18. The fourth-order valence-electron chi connectivity index (χ4n) is 2.10. The van der Waals surface area contributed by atoms with E-state index in [0.29, 0.717) is 5.75 Å². The molecule has 0 saturated carbocycles. The highest BCUT2D eigenvalue weighted by molar-refractivity contribution is 7.89. The summed E-state index contributed by atoms with van der Waals surface area (Å²) in [7, 11) is -3.09. The normalized spacial score (nSPS) is 11.0. The van der Waals surface area contributed by atoms with Gasteiger partial charge in [-0.2, -0.15) is 0 Å². The molecule has 2 rings (SSSR count). The Hall–Kier alpha value is -3.18. The van der Waals surface area contributed by atoms with Crippen molar-refractivity contribution in [2.75, 3.05) is 12.4 Å². The van der Waals surface area contributed by atoms with Gasteiger partial charge in [0.2, 0.25) is 10.0 Å². The van der Waals surface area contributed by atoms with E-state index in [9.17, 15) is 23.3 Å². The van der Waals surface area contributed by atoms with Crippen molar-refractivity contribution in [1.29, 1.82) is 0 Å². The number of nitrogens with one attached hydrogen (secondary N) is 1. The van der Waals surface area contributed by atoms with Gasteiger partial charge >= 0.3 is 5.97 Å². The summed E-state index contributed by atoms with van der Waals surface area (Å²) in [5, 5.41) is 28.1. The second-order valence-electron chi connectivity index (χ2n) is 4.80. The lowest BCUT2D eigenvalue weighted by Crippen LogP contribution is -2.16. The third-order valence-electron chi connectivity index (χ3n) is 3.20. The standard InChI is InChI=1S/C14H13N3O7S/c1-24-11-5-3-2-4-9(11)16-13-10(17(20)21)6-8(14(18)19)7-12(13)25(15,22)23/h2-7,16H,1H3,(H,18,19)(H2,15,22,23). The average Bonchev–Trinajstić information content (AvgIpc) is 2.53. The third-order valence-corrected chi connectivity index (χ3v) is 4.13. The molecule has 0 unspecified atom stereocenters. The molecular formula is C14H13N3O7S. The zero-order valence-corrected chi connectivity index (χ0v) is 13.6. The quantitative estimate of drug-likeness (QED) is 0.513. The van der Waals surface area contributed by atoms with Crippen molar-refractivity contribution in [3.8, 4) is 5.75 Å². The summed E-state index contributed by atoms with van der Waals surface area (Å²) in [4.78, 5) is 20.8. The second-order valence-corrected chi connectivity index (χ2v) is 6.33. The van der Waals surface area contributed by atoms with Gasteiger partial charge in [-0.15, -0.1) is 0 Å². The molecule has 0 heterocycles. The van der Waals surface area contributed by atoms with Crippen molar-refractivity contribution >= 4 is 33.1 Å². The molecule has 11 heteroatoms. The number of nitrogens with two attached hydrogens (primary N) is 1. The second kappa shape index (κ2) is 6.75. The van der Waals surface area contributed by atoms with E-state index in [0.717, 1.165) is 12.1 Å². The maximum atomic E-state index is 11.8. The van der Waals surface area contributed by atoms with E-state index in [4.69, 9.17) is 15.0 Å². The Kier molecular flexibility index (Phi) is 4.90. The highest BCUT2D eigenvalue weighted by atomic mass is 32.2. The number of sulfonamides is 1. The molecule has 0 spiro atoms. The van der Waals surface area contributed by atoms with Gasteiger partial charge in [-0.3, -0.25) is 10.1 Å². The zero-order chi connectivity index (χ0) is 18.8. The Labute approximate surface area is 142 Å². The topological polar surface area (TPSA) is 162 Å². The molecule has 0 radical (unpaired) electrons. The number of carbonyl (C=O) groups is 1. The van der Waals surface area contributed by atoms with E-state index >= 15 is 0 Å². The molecule has 0 aliphatic heterocycles. The Morgan fingerprint density at radius 1 is 1.32 bits per heavy atom. The number of anilines is 2. The molecule has 132 valence electrons. The fourth-order valence-corrected chi connectivity index (χ4v) is 2.83. The van der Waals surface area contributed by atoms with E-state index in [1.54, 1.807) is 18.2 Å². The van der Waals surface area contributed by atoms with E-state index in [1.807, 2.05) is 0 Å². The van der Waals surface area contributed by atoms with E-state index < -0.39 is 42.7 Å². The van der Waals surface area contributed by atoms with Crippen LogP contribution in [0.1, 0.15) is 10.4 Å². The van der Waals surface area contributed by atoms with Crippen molar-refractivity contribution in [2.45, 2.75) is 4.90 Å². The summed E-state index contributed by atoms with van der Waals surface area (Å²) in [6.45, 7) is 0. The lowest BCUT2D eigenvalue weighted by atomic mass is 10.1. The Bertz CT molecular complexity index is 957. The minimum Gasteiger partial charge on any atom is -0.495 e. The van der Waals surface area contributed by atoms with Gasteiger partial charge in [0.15, 0.2) is 0 Å². The van der Waals surface area contributed by atoms with Crippen molar-refractivity contribution in [3.05, 3.63) is 52.1 Å². The molecule has 0 atom stereocenters. The summed E-state index contributed by atoms with van der Waals surface area (Å²) >= 11 is 0. The van der Waals surface area contributed by atoms with Gasteiger partial charge in [0, 0.05) is 6.07 Å². The number of benzene rings is 2. The van der Waals surface area contributed by atoms with Gasteiger partial charge in [-0.05, 0) is 18.2 Å². The molecule has 0 fully saturated rings. The van der Waals surface area contributed by atoms with Crippen LogP contribution in [0.4, 0.5) is 17.1 Å². The molecule has 2 aromatic rings. The number of hydrogen-bond acceptors (Lipinski definition) is 7. The predicted octanol–water partition coefficient (Wildman–Crippen LogP) is 1.69. The number of aromatic carboxylic acids is 1. The number of methoxy groups -OCH3 is 1. The molecule has 0 amide bonds. The van der Waals surface area contributed by atoms with Crippen LogP contribution in [0.25, 0.3) is 0 Å². The van der Waals surface area contributed by atoms with Gasteiger partial charge in [-0.1, -0.05) is 12.1 Å². The zero-order valence-electron chi connectivity index (χ0n) is 12.8. The monoisotopic (exact) mass is 367 g/mol. The van der Waals surface area contributed by atoms with Crippen LogP contribution in [0.5, 0.6) is 5.75 Å². The maximum Gasteiger partial charge on any atom is 0.335 e. The number of carboxylic acid groups (broad SMARTS) is 1. The van der Waals surface area contributed by atoms with Crippen LogP contribution in [-0.2, 0) is 10.0 Å². The van der Waals surface area contributed by atoms with Gasteiger partial charge < -0.3 is 15.2 Å². The molecule has 0 bridgehead atoms. The minimum absolute atomic E-state index is 0.237. The van der Waals surface area contributed by atoms with Gasteiger partial charge in [0.25, 0.3) is 5.69 Å². The van der Waals surface area contributed by atoms with Crippen LogP contribution < -0.4 is 15.2 Å². The number of hydrogen-bond donors (Lipinski definition) is 3. The largest absolute Gasteiger partial charge is 0.495 e. The van der Waals surface area contributed by atoms with Crippen LogP contribution in [-0.4, -0.2) is 31.5 Å². The summed E-state index contributed by atoms with van der Waals surface area (Å²) in [5.74, 6) is -1.24. The summed E-state index contributed by atoms with van der Waals surface area (Å²) in [6.07, 6.45) is 0. The van der Waals surface area contributed by atoms with Crippen molar-refractivity contribution in [1.82, 2.24) is 0 Å². The first-order chi connectivity index (χ1) is 11.6. The van der Waals surface area contributed by atoms with Gasteiger partial charge in [-0.25, -0.2) is 18.4 Å². The Morgan fingerprint density at radius 2 is 1.96 bits per heavy atom. The third kappa shape index (κ3) is 3.84. The molecule has 0 saturated heterocycles. The minimum atomic E-state index is -4.46. The van der Waals surface area contributed by atoms with Crippen LogP contribution in [0, 0.1) is 10.1 Å². The first-order valence-electron chi connectivity index (χ1n) is 6.63. The average molecular weight is 367 g/mol. The predicted molar refractivity (Wildman–Crippen MR) is 87.7 cm³/mol. The molecule has 25 heavy (non-hydrogen) atoms. The number of carboxylic acids is 1. The number of primary sulfonamides is 1. The van der Waals surface area contributed by atoms with Gasteiger partial charge in [0.05, 0.1) is 23.3 Å². The van der Waals surface area contributed by atoms with Crippen molar-refractivity contribution < 1.29 is 28.0 Å². The Balaban J connectivity index is 2.78. The van der Waals surface area contributed by atoms with Gasteiger partial charge in [0.1, 0.15) is 16.3 Å². The van der Waals surface area contributed by atoms with E-state index in [2.05, 4.69) is 5.32 Å². The summed E-state index contributed by atoms with van der Waals surface area (Å²) in [5.41, 5.74) is -1.56. The maximum absolute atomic E-state index is 11.8.